The number of primary amides is 1. The van der Waals surface area contributed by atoms with Gasteiger partial charge >= 0.3 is 0 Å². The summed E-state index contributed by atoms with van der Waals surface area (Å²) in [6.07, 6.45) is 1.39. The monoisotopic (exact) mass is 653 g/mol. The zero-order chi connectivity index (χ0) is 33.2. The summed E-state index contributed by atoms with van der Waals surface area (Å²) < 4.78 is 0. The average Bonchev–Trinajstić information content (AvgIpc) is 3.56. The van der Waals surface area contributed by atoms with Crippen LogP contribution in [0.4, 0.5) is 5.69 Å². The molecule has 0 spiro atoms. The van der Waals surface area contributed by atoms with E-state index in [1.165, 1.54) is 11.8 Å². The summed E-state index contributed by atoms with van der Waals surface area (Å²) in [6, 6.07) is 27.3. The summed E-state index contributed by atoms with van der Waals surface area (Å²) in [4.78, 5) is 56.2. The Morgan fingerprint density at radius 3 is 2.32 bits per heavy atom. The Balaban J connectivity index is 1.26. The first-order valence-electron chi connectivity index (χ1n) is 15.7. The molecule has 1 saturated carbocycles. The Labute approximate surface area is 277 Å². The number of nitrogens with zero attached hydrogens (tertiary/aromatic N) is 1. The summed E-state index contributed by atoms with van der Waals surface area (Å²) in [5.74, 6) is -2.02. The van der Waals surface area contributed by atoms with Gasteiger partial charge in [-0.1, -0.05) is 79.2 Å². The molecule has 11 heteroatoms. The zero-order valence-corrected chi connectivity index (χ0v) is 26.7. The van der Waals surface area contributed by atoms with Gasteiger partial charge in [0.05, 0.1) is 30.0 Å². The van der Waals surface area contributed by atoms with Gasteiger partial charge in [0.1, 0.15) is 11.7 Å². The number of aliphatic hydroxyl groups excluding tert-OH is 1. The SMILES string of the molecule is NC(=O)C[C@H](NC(=O)c1ccc2ccccc2n1)C(=O)N[C@@H](Cc1ccccc1)[C@H](O)CS[C@H]1CCC[C@H]1C(=O)Nc1ccccc1. The molecular weight excluding hydrogens is 614 g/mol. The number of hydrogen-bond donors (Lipinski definition) is 5. The van der Waals surface area contributed by atoms with Crippen LogP contribution >= 0.6 is 11.8 Å². The van der Waals surface area contributed by atoms with Crippen molar-refractivity contribution >= 4 is 52.0 Å². The largest absolute Gasteiger partial charge is 0.390 e. The summed E-state index contributed by atoms with van der Waals surface area (Å²) in [6.45, 7) is 0. The summed E-state index contributed by atoms with van der Waals surface area (Å²) in [5.41, 5.74) is 7.80. The molecule has 6 N–H and O–H groups in total. The van der Waals surface area contributed by atoms with Crippen LogP contribution in [0.2, 0.25) is 0 Å². The van der Waals surface area contributed by atoms with Gasteiger partial charge in [0, 0.05) is 22.1 Å². The van der Waals surface area contributed by atoms with E-state index in [1.54, 1.807) is 18.2 Å². The highest BCUT2D eigenvalue weighted by Crippen LogP contribution is 2.36. The molecule has 1 aliphatic carbocycles. The van der Waals surface area contributed by atoms with Gasteiger partial charge in [0.25, 0.3) is 5.91 Å². The maximum absolute atomic E-state index is 13.6. The number of carbonyl (C=O) groups is 4. The first-order valence-corrected chi connectivity index (χ1v) is 16.8. The highest BCUT2D eigenvalue weighted by atomic mass is 32.2. The number of nitrogens with one attached hydrogen (secondary N) is 3. The maximum Gasteiger partial charge on any atom is 0.270 e. The summed E-state index contributed by atoms with van der Waals surface area (Å²) >= 11 is 1.52. The molecule has 3 aromatic carbocycles. The van der Waals surface area contributed by atoms with E-state index in [-0.39, 0.29) is 28.5 Å². The number of para-hydroxylation sites is 2. The number of benzene rings is 3. The van der Waals surface area contributed by atoms with Gasteiger partial charge in [-0.2, -0.15) is 11.8 Å². The van der Waals surface area contributed by atoms with E-state index >= 15 is 0 Å². The third-order valence-electron chi connectivity index (χ3n) is 8.26. The molecule has 4 aromatic rings. The van der Waals surface area contributed by atoms with Gasteiger partial charge in [-0.15, -0.1) is 0 Å². The molecule has 1 aliphatic rings. The highest BCUT2D eigenvalue weighted by Gasteiger charge is 2.35. The van der Waals surface area contributed by atoms with E-state index in [1.807, 2.05) is 78.9 Å². The Bertz CT molecular complexity index is 1690. The van der Waals surface area contributed by atoms with Crippen molar-refractivity contribution in [1.29, 1.82) is 0 Å². The number of rotatable bonds is 14. The minimum absolute atomic E-state index is 0.0118. The molecule has 1 heterocycles. The number of thioether (sulfide) groups is 1. The molecule has 4 amide bonds. The molecule has 0 aliphatic heterocycles. The lowest BCUT2D eigenvalue weighted by molar-refractivity contribution is -0.128. The van der Waals surface area contributed by atoms with Gasteiger partial charge < -0.3 is 26.8 Å². The van der Waals surface area contributed by atoms with Gasteiger partial charge in [0.2, 0.25) is 17.7 Å². The Kier molecular flexibility index (Phi) is 11.6. The van der Waals surface area contributed by atoms with Crippen molar-refractivity contribution in [1.82, 2.24) is 15.6 Å². The van der Waals surface area contributed by atoms with E-state index in [0.717, 1.165) is 35.9 Å². The van der Waals surface area contributed by atoms with E-state index < -0.39 is 42.3 Å². The Hall–Kier alpha value is -4.74. The smallest absolute Gasteiger partial charge is 0.270 e. The van der Waals surface area contributed by atoms with E-state index in [4.69, 9.17) is 5.73 Å². The second kappa shape index (κ2) is 16.2. The zero-order valence-electron chi connectivity index (χ0n) is 25.9. The molecule has 0 bridgehead atoms. The third-order valence-corrected chi connectivity index (χ3v) is 9.79. The van der Waals surface area contributed by atoms with Crippen molar-refractivity contribution in [3.05, 3.63) is 108 Å². The molecule has 244 valence electrons. The fraction of sp³-hybridized carbons (Fsp3) is 0.306. The lowest BCUT2D eigenvalue weighted by Gasteiger charge is -2.28. The molecular formula is C36H39N5O5S. The van der Waals surface area contributed by atoms with E-state index in [9.17, 15) is 24.3 Å². The number of hydrogen-bond acceptors (Lipinski definition) is 7. The molecule has 1 fully saturated rings. The minimum atomic E-state index is -1.28. The normalized spacial score (nSPS) is 17.7. The summed E-state index contributed by atoms with van der Waals surface area (Å²) in [7, 11) is 0. The number of nitrogens with two attached hydrogens (primary N) is 1. The van der Waals surface area contributed by atoms with E-state index in [2.05, 4.69) is 20.9 Å². The number of aromatic nitrogens is 1. The van der Waals surface area contributed by atoms with Crippen LogP contribution in [0.15, 0.2) is 97.1 Å². The van der Waals surface area contributed by atoms with Crippen LogP contribution in [0.5, 0.6) is 0 Å². The van der Waals surface area contributed by atoms with Crippen molar-refractivity contribution < 1.29 is 24.3 Å². The first kappa shape index (κ1) is 33.6. The standard InChI is InChI=1S/C36H39N5O5S/c37-33(43)21-30(41-35(45)28-19-18-24-12-7-8-16-27(24)39-28)36(46)40-29(20-23-10-3-1-4-11-23)31(42)22-47-32-17-9-15-26(32)34(44)38-25-13-5-2-6-14-25/h1-8,10-14,16,18-19,26,29-32,42H,9,15,17,20-22H2,(H2,37,43)(H,38,44)(H,40,46)(H,41,45)/t26-,29+,30+,31-,32+/m1/s1. The van der Waals surface area contributed by atoms with E-state index in [0.29, 0.717) is 11.9 Å². The number of fused-ring (bicyclic) bond motifs is 1. The quantitative estimate of drug-likeness (QED) is 0.138. The van der Waals surface area contributed by atoms with Gasteiger partial charge in [-0.25, -0.2) is 4.98 Å². The van der Waals surface area contributed by atoms with Crippen LogP contribution in [0, 0.1) is 5.92 Å². The van der Waals surface area contributed by atoms with Crippen LogP contribution in [0.3, 0.4) is 0 Å². The molecule has 0 saturated heterocycles. The number of amides is 4. The third kappa shape index (κ3) is 9.40. The number of carbonyl (C=O) groups excluding carboxylic acids is 4. The topological polar surface area (TPSA) is 164 Å². The van der Waals surface area contributed by atoms with Gasteiger partial charge in [-0.3, -0.25) is 19.2 Å². The van der Waals surface area contributed by atoms with Crippen molar-refractivity contribution in [2.45, 2.75) is 55.5 Å². The molecule has 47 heavy (non-hydrogen) atoms. The molecule has 5 rings (SSSR count). The molecule has 0 radical (unpaired) electrons. The van der Waals surface area contributed by atoms with Crippen molar-refractivity contribution in [3.63, 3.8) is 0 Å². The van der Waals surface area contributed by atoms with Crippen LogP contribution in [0.1, 0.15) is 41.7 Å². The van der Waals surface area contributed by atoms with Crippen LogP contribution < -0.4 is 21.7 Å². The predicted octanol–water partition coefficient (Wildman–Crippen LogP) is 3.84. The molecule has 0 unspecified atom stereocenters. The maximum atomic E-state index is 13.6. The Morgan fingerprint density at radius 2 is 1.57 bits per heavy atom. The second-order valence-corrected chi connectivity index (χ2v) is 13.0. The lowest BCUT2D eigenvalue weighted by atomic mass is 10.0. The second-order valence-electron chi connectivity index (χ2n) is 11.7. The predicted molar refractivity (Wildman–Crippen MR) is 184 cm³/mol. The highest BCUT2D eigenvalue weighted by molar-refractivity contribution is 8.00. The van der Waals surface area contributed by atoms with Crippen molar-refractivity contribution in [2.24, 2.45) is 11.7 Å². The van der Waals surface area contributed by atoms with Gasteiger partial charge in [0.15, 0.2) is 0 Å². The minimum Gasteiger partial charge on any atom is -0.390 e. The fourth-order valence-electron chi connectivity index (χ4n) is 5.79. The molecule has 10 nitrogen and oxygen atoms in total. The fourth-order valence-corrected chi connectivity index (χ4v) is 7.29. The molecule has 1 aromatic heterocycles. The first-order chi connectivity index (χ1) is 22.8. The van der Waals surface area contributed by atoms with Crippen molar-refractivity contribution in [3.8, 4) is 0 Å². The number of aliphatic hydroxyl groups is 1. The van der Waals surface area contributed by atoms with Crippen molar-refractivity contribution in [2.75, 3.05) is 11.1 Å². The Morgan fingerprint density at radius 1 is 0.872 bits per heavy atom. The van der Waals surface area contributed by atoms with Gasteiger partial charge in [-0.05, 0) is 49.1 Å². The number of anilines is 1. The van der Waals surface area contributed by atoms with Crippen LogP contribution in [-0.4, -0.2) is 62.9 Å². The average molecular weight is 654 g/mol. The number of pyridine rings is 1. The molecule has 5 atom stereocenters. The summed E-state index contributed by atoms with van der Waals surface area (Å²) in [5, 5.41) is 20.8. The van der Waals surface area contributed by atoms with Crippen LogP contribution in [-0.2, 0) is 20.8 Å². The lowest BCUT2D eigenvalue weighted by Crippen LogP contribution is -2.54. The van der Waals surface area contributed by atoms with Crippen LogP contribution in [0.25, 0.3) is 10.9 Å².